The first-order chi connectivity index (χ1) is 15.4. The van der Waals surface area contributed by atoms with Crippen molar-refractivity contribution in [2.45, 2.75) is 12.5 Å². The predicted octanol–water partition coefficient (Wildman–Crippen LogP) is 3.13. The second-order valence-electron chi connectivity index (χ2n) is 6.92. The molecule has 0 saturated carbocycles. The molecule has 9 heteroatoms. The molecule has 0 aliphatic carbocycles. The molecular formula is C23H20ClN3O4S. The lowest BCUT2D eigenvalue weighted by Crippen LogP contribution is -2.44. The second-order valence-corrected chi connectivity index (χ2v) is 8.35. The average molecular weight is 470 g/mol. The predicted molar refractivity (Wildman–Crippen MR) is 121 cm³/mol. The molecular weight excluding hydrogens is 450 g/mol. The Morgan fingerprint density at radius 1 is 1.19 bits per heavy atom. The highest BCUT2D eigenvalue weighted by Crippen LogP contribution is 2.40. The van der Waals surface area contributed by atoms with Gasteiger partial charge in [0.1, 0.15) is 5.92 Å². The molecule has 3 rings (SSSR count). The Morgan fingerprint density at radius 3 is 2.50 bits per heavy atom. The maximum absolute atomic E-state index is 12.8. The van der Waals surface area contributed by atoms with Crippen LogP contribution < -0.4 is 10.6 Å². The van der Waals surface area contributed by atoms with Gasteiger partial charge in [-0.25, -0.2) is 0 Å². The van der Waals surface area contributed by atoms with Gasteiger partial charge in [-0.2, -0.15) is 5.26 Å². The van der Waals surface area contributed by atoms with Gasteiger partial charge in [-0.3, -0.25) is 14.4 Å². The summed E-state index contributed by atoms with van der Waals surface area (Å²) < 4.78 is 4.81. The van der Waals surface area contributed by atoms with Crippen LogP contribution in [0.15, 0.2) is 65.2 Å². The lowest BCUT2D eigenvalue weighted by atomic mass is 9.78. The zero-order chi connectivity index (χ0) is 23.1. The number of hydrogen-bond donors (Lipinski definition) is 2. The number of carbonyl (C=O) groups is 3. The lowest BCUT2D eigenvalue weighted by molar-refractivity contribution is -0.150. The fourth-order valence-corrected chi connectivity index (χ4v) is 4.34. The fourth-order valence-electron chi connectivity index (χ4n) is 3.33. The van der Waals surface area contributed by atoms with Gasteiger partial charge in [0.15, 0.2) is 0 Å². The molecule has 1 heterocycles. The van der Waals surface area contributed by atoms with Crippen LogP contribution in [-0.2, 0) is 25.7 Å². The number of esters is 1. The highest BCUT2D eigenvalue weighted by atomic mass is 35.5. The number of nitriles is 1. The first-order valence-electron chi connectivity index (χ1n) is 9.66. The van der Waals surface area contributed by atoms with E-state index >= 15 is 0 Å². The molecule has 2 aromatic carbocycles. The molecule has 0 bridgehead atoms. The van der Waals surface area contributed by atoms with Crippen LogP contribution in [0.3, 0.4) is 0 Å². The summed E-state index contributed by atoms with van der Waals surface area (Å²) >= 11 is 7.00. The molecule has 0 aromatic heterocycles. The molecule has 164 valence electrons. The van der Waals surface area contributed by atoms with Crippen molar-refractivity contribution < 1.29 is 19.1 Å². The molecule has 32 heavy (non-hydrogen) atoms. The Balaban J connectivity index is 1.82. The number of carbonyl (C=O) groups excluding carboxylic acids is 3. The van der Waals surface area contributed by atoms with Gasteiger partial charge in [0.25, 0.3) is 0 Å². The standard InChI is InChI=1S/C23H20ClN3O4S/c1-31-23(30)20-19(15-7-9-16(24)10-8-15)17(11-25)22(27-21(20)29)32-13-18(28)26-12-14-5-3-2-4-6-14/h2-10,19-20H,12-13H2,1H3,(H,26,28)(H,27,29). The minimum atomic E-state index is -1.23. The quantitative estimate of drug-likeness (QED) is 0.476. The maximum atomic E-state index is 12.8. The summed E-state index contributed by atoms with van der Waals surface area (Å²) in [7, 11) is 1.19. The summed E-state index contributed by atoms with van der Waals surface area (Å²) in [6.45, 7) is 0.370. The van der Waals surface area contributed by atoms with E-state index in [-0.39, 0.29) is 22.3 Å². The number of nitrogens with one attached hydrogen (secondary N) is 2. The number of nitrogens with zero attached hydrogens (tertiary/aromatic N) is 1. The summed E-state index contributed by atoms with van der Waals surface area (Å²) in [6, 6.07) is 18.1. The van der Waals surface area contributed by atoms with E-state index in [9.17, 15) is 19.6 Å². The van der Waals surface area contributed by atoms with Crippen molar-refractivity contribution in [2.24, 2.45) is 5.92 Å². The molecule has 2 N–H and O–H groups in total. The molecule has 1 aliphatic heterocycles. The molecule has 0 fully saturated rings. The van der Waals surface area contributed by atoms with Crippen molar-refractivity contribution in [2.75, 3.05) is 12.9 Å². The third-order valence-electron chi connectivity index (χ3n) is 4.89. The number of hydrogen-bond acceptors (Lipinski definition) is 6. The van der Waals surface area contributed by atoms with Gasteiger partial charge >= 0.3 is 5.97 Å². The summed E-state index contributed by atoms with van der Waals surface area (Å²) in [4.78, 5) is 37.5. The van der Waals surface area contributed by atoms with Crippen LogP contribution in [0.4, 0.5) is 0 Å². The van der Waals surface area contributed by atoms with Crippen LogP contribution in [0, 0.1) is 17.2 Å². The third-order valence-corrected chi connectivity index (χ3v) is 6.16. The van der Waals surface area contributed by atoms with E-state index in [0.717, 1.165) is 17.3 Å². The number of ether oxygens (including phenoxy) is 1. The van der Waals surface area contributed by atoms with Crippen molar-refractivity contribution in [3.63, 3.8) is 0 Å². The Hall–Kier alpha value is -3.28. The molecule has 1 aliphatic rings. The van der Waals surface area contributed by atoms with Gasteiger partial charge in [-0.1, -0.05) is 65.8 Å². The molecule has 2 aromatic rings. The number of amides is 2. The van der Waals surface area contributed by atoms with E-state index in [1.807, 2.05) is 30.3 Å². The Kier molecular flexibility index (Phi) is 7.92. The Morgan fingerprint density at radius 2 is 1.88 bits per heavy atom. The van der Waals surface area contributed by atoms with Gasteiger partial charge in [0.2, 0.25) is 11.8 Å². The zero-order valence-corrected chi connectivity index (χ0v) is 18.7. The monoisotopic (exact) mass is 469 g/mol. The Labute approximate surface area is 194 Å². The van der Waals surface area contributed by atoms with E-state index in [1.54, 1.807) is 24.3 Å². The number of methoxy groups -OCH3 is 1. The van der Waals surface area contributed by atoms with Crippen LogP contribution in [0.2, 0.25) is 5.02 Å². The highest BCUT2D eigenvalue weighted by Gasteiger charge is 2.44. The van der Waals surface area contributed by atoms with E-state index in [2.05, 4.69) is 16.7 Å². The summed E-state index contributed by atoms with van der Waals surface area (Å²) in [5.74, 6) is -3.69. The fraction of sp³-hybridized carbons (Fsp3) is 0.217. The smallest absolute Gasteiger partial charge is 0.319 e. The van der Waals surface area contributed by atoms with Crippen LogP contribution in [0.1, 0.15) is 17.0 Å². The first kappa shape index (κ1) is 23.4. The van der Waals surface area contributed by atoms with Crippen LogP contribution in [-0.4, -0.2) is 30.6 Å². The molecule has 0 spiro atoms. The van der Waals surface area contributed by atoms with Crippen LogP contribution >= 0.6 is 23.4 Å². The molecule has 7 nitrogen and oxygen atoms in total. The van der Waals surface area contributed by atoms with Crippen LogP contribution in [0.25, 0.3) is 0 Å². The van der Waals surface area contributed by atoms with Gasteiger partial charge in [0.05, 0.1) is 29.5 Å². The van der Waals surface area contributed by atoms with Crippen molar-refractivity contribution in [3.05, 3.63) is 81.3 Å². The minimum Gasteiger partial charge on any atom is -0.468 e. The number of rotatable bonds is 7. The molecule has 2 amide bonds. The molecule has 2 unspecified atom stereocenters. The average Bonchev–Trinajstić information content (AvgIpc) is 2.81. The highest BCUT2D eigenvalue weighted by molar-refractivity contribution is 8.03. The molecule has 0 saturated heterocycles. The first-order valence-corrected chi connectivity index (χ1v) is 11.0. The lowest BCUT2D eigenvalue weighted by Gasteiger charge is -2.30. The van der Waals surface area contributed by atoms with Gasteiger partial charge in [-0.05, 0) is 23.3 Å². The maximum Gasteiger partial charge on any atom is 0.319 e. The van der Waals surface area contributed by atoms with Gasteiger partial charge in [0, 0.05) is 17.5 Å². The van der Waals surface area contributed by atoms with E-state index < -0.39 is 23.7 Å². The second kappa shape index (κ2) is 10.8. The number of thioether (sulfide) groups is 1. The SMILES string of the molecule is COC(=O)C1C(=O)NC(SCC(=O)NCc2ccccc2)=C(C#N)C1c1ccc(Cl)cc1. The van der Waals surface area contributed by atoms with Crippen LogP contribution in [0.5, 0.6) is 0 Å². The summed E-state index contributed by atoms with van der Waals surface area (Å²) in [6.07, 6.45) is 0. The van der Waals surface area contributed by atoms with E-state index in [0.29, 0.717) is 17.1 Å². The number of benzene rings is 2. The number of allylic oxidation sites excluding steroid dienone is 1. The number of halogens is 1. The zero-order valence-electron chi connectivity index (χ0n) is 17.1. The van der Waals surface area contributed by atoms with Crippen molar-refractivity contribution in [1.82, 2.24) is 10.6 Å². The Bertz CT molecular complexity index is 1080. The van der Waals surface area contributed by atoms with Gasteiger partial charge < -0.3 is 15.4 Å². The minimum absolute atomic E-state index is 0.0101. The third kappa shape index (κ3) is 5.49. The van der Waals surface area contributed by atoms with Crippen molar-refractivity contribution in [3.8, 4) is 6.07 Å². The van der Waals surface area contributed by atoms with E-state index in [4.69, 9.17) is 16.3 Å². The normalized spacial score (nSPS) is 17.8. The summed E-state index contributed by atoms with van der Waals surface area (Å²) in [5, 5.41) is 16.0. The molecule has 0 radical (unpaired) electrons. The summed E-state index contributed by atoms with van der Waals surface area (Å²) in [5.41, 5.74) is 1.71. The van der Waals surface area contributed by atoms with Gasteiger partial charge in [-0.15, -0.1) is 0 Å². The molecule has 2 atom stereocenters. The largest absolute Gasteiger partial charge is 0.468 e. The van der Waals surface area contributed by atoms with Crippen molar-refractivity contribution in [1.29, 1.82) is 5.26 Å². The topological polar surface area (TPSA) is 108 Å². The van der Waals surface area contributed by atoms with Crippen molar-refractivity contribution >= 4 is 41.1 Å². The van der Waals surface area contributed by atoms with E-state index in [1.165, 1.54) is 7.11 Å².